The summed E-state index contributed by atoms with van der Waals surface area (Å²) in [5.41, 5.74) is 4.23. The number of likely N-dealkylation sites (N-methyl/N-ethyl adjacent to an activating group) is 1. The average Bonchev–Trinajstić information content (AvgIpc) is 2.73. The summed E-state index contributed by atoms with van der Waals surface area (Å²) in [6, 6.07) is 13.4. The van der Waals surface area contributed by atoms with Crippen molar-refractivity contribution in [3.63, 3.8) is 0 Å². The van der Waals surface area contributed by atoms with Gasteiger partial charge in [0.2, 0.25) is 0 Å². The molecule has 7 heteroatoms. The van der Waals surface area contributed by atoms with E-state index in [-0.39, 0.29) is 6.61 Å². The summed E-state index contributed by atoms with van der Waals surface area (Å²) in [6.45, 7) is 3.97. The van der Waals surface area contributed by atoms with E-state index in [0.29, 0.717) is 5.02 Å². The number of halogens is 1. The number of fused-ring (bicyclic) bond motifs is 1. The second-order valence-electron chi connectivity index (χ2n) is 7.28. The normalized spacial score (nSPS) is 15.3. The molecule has 1 saturated heterocycles. The number of aromatic nitrogens is 1. The van der Waals surface area contributed by atoms with Gasteiger partial charge in [-0.25, -0.2) is 4.99 Å². The van der Waals surface area contributed by atoms with Crippen molar-refractivity contribution in [3.8, 4) is 0 Å². The largest absolute Gasteiger partial charge is 0.392 e. The van der Waals surface area contributed by atoms with Crippen molar-refractivity contribution in [1.82, 2.24) is 14.8 Å². The molecule has 0 spiro atoms. The summed E-state index contributed by atoms with van der Waals surface area (Å²) in [6.07, 6.45) is 3.65. The monoisotopic (exact) mass is 409 g/mol. The molecular weight excluding hydrogens is 386 g/mol. The van der Waals surface area contributed by atoms with Crippen LogP contribution in [0.3, 0.4) is 0 Å². The maximum atomic E-state index is 9.68. The van der Waals surface area contributed by atoms with Crippen molar-refractivity contribution in [1.29, 1.82) is 0 Å². The van der Waals surface area contributed by atoms with Gasteiger partial charge in [0.05, 0.1) is 24.1 Å². The summed E-state index contributed by atoms with van der Waals surface area (Å²) < 4.78 is 0. The molecule has 3 aromatic rings. The number of aliphatic hydroxyl groups is 1. The van der Waals surface area contributed by atoms with Crippen molar-refractivity contribution in [2.45, 2.75) is 6.61 Å². The fourth-order valence-electron chi connectivity index (χ4n) is 3.38. The van der Waals surface area contributed by atoms with E-state index in [9.17, 15) is 5.11 Å². The molecule has 1 aromatic heterocycles. The average molecular weight is 410 g/mol. The van der Waals surface area contributed by atoms with Crippen molar-refractivity contribution in [3.05, 3.63) is 59.2 Å². The fourth-order valence-corrected chi connectivity index (χ4v) is 3.55. The molecule has 2 heterocycles. The molecule has 0 amide bonds. The van der Waals surface area contributed by atoms with E-state index in [2.05, 4.69) is 32.1 Å². The fraction of sp³-hybridized carbons (Fsp3) is 0.273. The molecule has 0 bridgehead atoms. The van der Waals surface area contributed by atoms with E-state index in [4.69, 9.17) is 11.6 Å². The van der Waals surface area contributed by atoms with Gasteiger partial charge in [0.1, 0.15) is 0 Å². The highest BCUT2D eigenvalue weighted by Crippen LogP contribution is 2.29. The Morgan fingerprint density at radius 1 is 1.14 bits per heavy atom. The molecule has 2 aromatic carbocycles. The smallest absolute Gasteiger partial charge is 0.0913 e. The van der Waals surface area contributed by atoms with Crippen LogP contribution in [0.2, 0.25) is 5.02 Å². The van der Waals surface area contributed by atoms with Crippen LogP contribution in [0.25, 0.3) is 10.9 Å². The molecule has 0 unspecified atom stereocenters. The Kier molecular flexibility index (Phi) is 5.94. The highest BCUT2D eigenvalue weighted by Gasteiger charge is 2.11. The maximum Gasteiger partial charge on any atom is 0.0913 e. The molecule has 0 aliphatic carbocycles. The van der Waals surface area contributed by atoms with E-state index < -0.39 is 0 Å². The third kappa shape index (κ3) is 4.85. The third-order valence-corrected chi connectivity index (χ3v) is 5.29. The van der Waals surface area contributed by atoms with Gasteiger partial charge in [-0.3, -0.25) is 4.98 Å². The Bertz CT molecular complexity index is 1030. The summed E-state index contributed by atoms with van der Waals surface area (Å²) in [5.74, 6) is 0. The number of nitrogens with one attached hydrogen (secondary N) is 1. The second-order valence-corrected chi connectivity index (χ2v) is 7.71. The standard InChI is InChI=1S/C22H24ClN5O/c1-27-6-8-28(9-7-27)15-25-18-10-16(14-29)11-19(13-18)26-21-4-5-24-22-12-17(23)2-3-20(21)22/h2-5,10-13,15,29H,6-9,14H2,1H3,(H,24,26). The quantitative estimate of drug-likeness (QED) is 0.492. The molecule has 6 nitrogen and oxygen atoms in total. The lowest BCUT2D eigenvalue weighted by Gasteiger charge is -2.30. The summed E-state index contributed by atoms with van der Waals surface area (Å²) in [4.78, 5) is 13.6. The molecule has 0 radical (unpaired) electrons. The van der Waals surface area contributed by atoms with Crippen molar-refractivity contribution in [2.75, 3.05) is 38.5 Å². The predicted octanol–water partition coefficient (Wildman–Crippen LogP) is 4.03. The molecule has 0 saturated carbocycles. The van der Waals surface area contributed by atoms with Crippen LogP contribution in [-0.2, 0) is 6.61 Å². The molecule has 1 aliphatic heterocycles. The number of hydrogen-bond acceptors (Lipinski definition) is 5. The second kappa shape index (κ2) is 8.78. The predicted molar refractivity (Wildman–Crippen MR) is 120 cm³/mol. The molecular formula is C22H24ClN5O. The number of hydrogen-bond donors (Lipinski definition) is 2. The number of pyridine rings is 1. The highest BCUT2D eigenvalue weighted by atomic mass is 35.5. The number of piperazine rings is 1. The number of aliphatic hydroxyl groups excluding tert-OH is 1. The van der Waals surface area contributed by atoms with E-state index >= 15 is 0 Å². The van der Waals surface area contributed by atoms with Crippen LogP contribution in [0.15, 0.2) is 53.7 Å². The van der Waals surface area contributed by atoms with Crippen molar-refractivity contribution in [2.24, 2.45) is 4.99 Å². The van der Waals surface area contributed by atoms with Crippen LogP contribution >= 0.6 is 11.6 Å². The van der Waals surface area contributed by atoms with Crippen LogP contribution in [0.4, 0.5) is 17.1 Å². The van der Waals surface area contributed by atoms with Gasteiger partial charge in [-0.1, -0.05) is 11.6 Å². The minimum atomic E-state index is -0.0424. The van der Waals surface area contributed by atoms with Crippen LogP contribution in [0, 0.1) is 0 Å². The number of nitrogens with zero attached hydrogens (tertiary/aromatic N) is 4. The molecule has 2 N–H and O–H groups in total. The first kappa shape index (κ1) is 19.6. The van der Waals surface area contributed by atoms with Gasteiger partial charge in [0.15, 0.2) is 0 Å². The summed E-state index contributed by atoms with van der Waals surface area (Å²) >= 11 is 6.09. The van der Waals surface area contributed by atoms with Gasteiger partial charge < -0.3 is 20.2 Å². The van der Waals surface area contributed by atoms with Crippen molar-refractivity contribution >= 4 is 45.9 Å². The molecule has 1 fully saturated rings. The zero-order valence-electron chi connectivity index (χ0n) is 16.3. The van der Waals surface area contributed by atoms with Crippen LogP contribution in [0.5, 0.6) is 0 Å². The van der Waals surface area contributed by atoms with Crippen LogP contribution in [0.1, 0.15) is 5.56 Å². The van der Waals surface area contributed by atoms with E-state index in [1.54, 1.807) is 6.20 Å². The molecule has 150 valence electrons. The lowest BCUT2D eigenvalue weighted by Crippen LogP contribution is -2.43. The SMILES string of the molecule is CN1CCN(C=Nc2cc(CO)cc(Nc3ccnc4cc(Cl)ccc34)c2)CC1. The number of benzene rings is 2. The Labute approximate surface area is 175 Å². The lowest BCUT2D eigenvalue weighted by atomic mass is 10.1. The highest BCUT2D eigenvalue weighted by molar-refractivity contribution is 6.31. The van der Waals surface area contributed by atoms with Crippen molar-refractivity contribution < 1.29 is 5.11 Å². The minimum Gasteiger partial charge on any atom is -0.392 e. The summed E-state index contributed by atoms with van der Waals surface area (Å²) in [7, 11) is 2.13. The Balaban J connectivity index is 1.59. The molecule has 0 atom stereocenters. The maximum absolute atomic E-state index is 9.68. The Morgan fingerprint density at radius 2 is 1.97 bits per heavy atom. The molecule has 1 aliphatic rings. The Morgan fingerprint density at radius 3 is 2.76 bits per heavy atom. The van der Waals surface area contributed by atoms with Gasteiger partial charge in [-0.2, -0.15) is 0 Å². The van der Waals surface area contributed by atoms with Gasteiger partial charge >= 0.3 is 0 Å². The summed E-state index contributed by atoms with van der Waals surface area (Å²) in [5, 5.41) is 14.8. The lowest BCUT2D eigenvalue weighted by molar-refractivity contribution is 0.219. The van der Waals surface area contributed by atoms with Gasteiger partial charge in [-0.15, -0.1) is 0 Å². The molecule has 29 heavy (non-hydrogen) atoms. The number of anilines is 2. The molecule has 4 rings (SSSR count). The first-order valence-electron chi connectivity index (χ1n) is 9.63. The number of rotatable bonds is 5. The van der Waals surface area contributed by atoms with Crippen LogP contribution < -0.4 is 5.32 Å². The topological polar surface area (TPSA) is 64.0 Å². The number of aliphatic imine (C=N–C) groups is 1. The van der Waals surface area contributed by atoms with Gasteiger partial charge in [-0.05, 0) is 55.1 Å². The minimum absolute atomic E-state index is 0.0424. The van der Waals surface area contributed by atoms with Gasteiger partial charge in [0.25, 0.3) is 0 Å². The zero-order valence-corrected chi connectivity index (χ0v) is 17.1. The van der Waals surface area contributed by atoms with E-state index in [1.807, 2.05) is 48.8 Å². The first-order chi connectivity index (χ1) is 14.1. The Hall–Kier alpha value is -2.67. The third-order valence-electron chi connectivity index (χ3n) is 5.05. The van der Waals surface area contributed by atoms with E-state index in [1.165, 1.54) is 0 Å². The van der Waals surface area contributed by atoms with Gasteiger partial charge in [0, 0.05) is 54.2 Å². The van der Waals surface area contributed by atoms with Crippen LogP contribution in [-0.4, -0.2) is 59.5 Å². The van der Waals surface area contributed by atoms with E-state index in [0.717, 1.165) is 59.7 Å². The zero-order chi connectivity index (χ0) is 20.2. The first-order valence-corrected chi connectivity index (χ1v) is 10.0.